The molecule has 2 aromatic rings. The fraction of sp³-hybridized carbons (Fsp3) is 0.105. The van der Waals surface area contributed by atoms with Gasteiger partial charge in [0.2, 0.25) is 0 Å². The summed E-state index contributed by atoms with van der Waals surface area (Å²) in [5.41, 5.74) is 5.78. The Hall–Kier alpha value is -3.18. The van der Waals surface area contributed by atoms with Crippen LogP contribution in [-0.4, -0.2) is 33.5 Å². The van der Waals surface area contributed by atoms with Gasteiger partial charge in [-0.15, -0.1) is 0 Å². The first-order chi connectivity index (χ1) is 14.3. The zero-order chi connectivity index (χ0) is 21.8. The highest BCUT2D eigenvalue weighted by Crippen LogP contribution is 2.35. The number of thioether (sulfide) groups is 1. The van der Waals surface area contributed by atoms with Crippen LogP contribution in [0.25, 0.3) is 6.08 Å². The largest absolute Gasteiger partial charge is 0.483 e. The summed E-state index contributed by atoms with van der Waals surface area (Å²) < 4.78 is 5.78. The number of hydrogen-bond donors (Lipinski definition) is 1. The Morgan fingerprint density at radius 1 is 1.27 bits per heavy atom. The number of hydrogen-bond acceptors (Lipinski definition) is 7. The van der Waals surface area contributed by atoms with E-state index in [9.17, 15) is 24.5 Å². The van der Waals surface area contributed by atoms with Crippen LogP contribution in [0.4, 0.5) is 10.5 Å². The van der Waals surface area contributed by atoms with E-state index in [0.717, 1.165) is 16.7 Å². The van der Waals surface area contributed by atoms with E-state index >= 15 is 0 Å². The van der Waals surface area contributed by atoms with Crippen LogP contribution < -0.4 is 10.5 Å². The van der Waals surface area contributed by atoms with Crippen molar-refractivity contribution in [3.63, 3.8) is 0 Å². The molecule has 0 aromatic heterocycles. The Bertz CT molecular complexity index is 1090. The topological polar surface area (TPSA) is 133 Å². The number of ether oxygens (including phenoxy) is 1. The van der Waals surface area contributed by atoms with E-state index in [4.69, 9.17) is 10.5 Å². The molecule has 0 spiro atoms. The molecule has 3 rings (SSSR count). The third kappa shape index (κ3) is 4.86. The summed E-state index contributed by atoms with van der Waals surface area (Å²) in [7, 11) is 0. The summed E-state index contributed by atoms with van der Waals surface area (Å²) >= 11 is 4.07. The van der Waals surface area contributed by atoms with Crippen molar-refractivity contribution in [2.24, 2.45) is 5.73 Å². The van der Waals surface area contributed by atoms with Crippen molar-refractivity contribution in [3.05, 3.63) is 73.1 Å². The van der Waals surface area contributed by atoms with Crippen molar-refractivity contribution < 1.29 is 24.0 Å². The Balaban J connectivity index is 1.79. The average molecular weight is 492 g/mol. The van der Waals surface area contributed by atoms with E-state index in [-0.39, 0.29) is 29.3 Å². The highest BCUT2D eigenvalue weighted by atomic mass is 79.9. The molecule has 1 heterocycles. The number of rotatable bonds is 7. The fourth-order valence-corrected chi connectivity index (χ4v) is 4.00. The molecule has 1 aliphatic heterocycles. The molecule has 0 saturated carbocycles. The lowest BCUT2D eigenvalue weighted by Gasteiger charge is -2.12. The molecule has 2 aromatic carbocycles. The van der Waals surface area contributed by atoms with Crippen LogP contribution in [0.2, 0.25) is 0 Å². The zero-order valence-electron chi connectivity index (χ0n) is 15.2. The number of amides is 3. The predicted octanol–water partition coefficient (Wildman–Crippen LogP) is 3.46. The van der Waals surface area contributed by atoms with Crippen LogP contribution in [-0.2, 0) is 16.1 Å². The quantitative estimate of drug-likeness (QED) is 0.356. The molecule has 0 atom stereocenters. The standard InChI is InChI=1S/C19H14BrN3O6S/c20-13-7-11(5-6-15(13)29-10-17(21)24)8-16-18(25)22(19(26)30-16)9-12-3-1-2-4-14(12)23(27)28/h1-8H,9-10H2,(H2,21,24)/b16-8-. The second-order valence-electron chi connectivity index (χ2n) is 6.10. The molecule has 0 bridgehead atoms. The molecule has 9 nitrogen and oxygen atoms in total. The third-order valence-electron chi connectivity index (χ3n) is 4.01. The van der Waals surface area contributed by atoms with Gasteiger partial charge in [0, 0.05) is 11.6 Å². The van der Waals surface area contributed by atoms with E-state index in [2.05, 4.69) is 15.9 Å². The molecule has 1 saturated heterocycles. The molecule has 30 heavy (non-hydrogen) atoms. The van der Waals surface area contributed by atoms with Gasteiger partial charge in [0.15, 0.2) is 6.61 Å². The van der Waals surface area contributed by atoms with Gasteiger partial charge in [-0.25, -0.2) is 0 Å². The molecule has 2 N–H and O–H groups in total. The number of nitro benzene ring substituents is 1. The Morgan fingerprint density at radius 3 is 2.67 bits per heavy atom. The second-order valence-corrected chi connectivity index (χ2v) is 7.95. The van der Waals surface area contributed by atoms with Crippen LogP contribution in [0, 0.1) is 10.1 Å². The lowest BCUT2D eigenvalue weighted by atomic mass is 10.1. The minimum Gasteiger partial charge on any atom is -0.483 e. The predicted molar refractivity (Wildman–Crippen MR) is 113 cm³/mol. The number of halogens is 1. The third-order valence-corrected chi connectivity index (χ3v) is 5.54. The van der Waals surface area contributed by atoms with Gasteiger partial charge in [-0.3, -0.25) is 29.4 Å². The number of carbonyl (C=O) groups is 3. The maximum Gasteiger partial charge on any atom is 0.293 e. The van der Waals surface area contributed by atoms with E-state index in [1.165, 1.54) is 24.3 Å². The Labute approximate surface area is 183 Å². The van der Waals surface area contributed by atoms with Gasteiger partial charge in [0.25, 0.3) is 22.7 Å². The van der Waals surface area contributed by atoms with Crippen molar-refractivity contribution in [2.75, 3.05) is 6.61 Å². The van der Waals surface area contributed by atoms with Crippen molar-refractivity contribution in [1.29, 1.82) is 0 Å². The first kappa shape index (κ1) is 21.5. The average Bonchev–Trinajstić information content (AvgIpc) is 2.95. The molecule has 0 aliphatic carbocycles. The van der Waals surface area contributed by atoms with Gasteiger partial charge < -0.3 is 10.5 Å². The number of benzene rings is 2. The highest BCUT2D eigenvalue weighted by Gasteiger charge is 2.36. The molecule has 1 aliphatic rings. The van der Waals surface area contributed by atoms with E-state index in [0.29, 0.717) is 15.8 Å². The van der Waals surface area contributed by atoms with E-state index in [1.807, 2.05) is 0 Å². The molecule has 11 heteroatoms. The summed E-state index contributed by atoms with van der Waals surface area (Å²) in [6.07, 6.45) is 1.53. The SMILES string of the molecule is NC(=O)COc1ccc(/C=C2\SC(=O)N(Cc3ccccc3[N+](=O)[O-])C2=O)cc1Br. The normalized spacial score (nSPS) is 15.0. The van der Waals surface area contributed by atoms with Gasteiger partial charge in [0.1, 0.15) is 5.75 Å². The Kier molecular flexibility index (Phi) is 6.53. The maximum atomic E-state index is 12.7. The smallest absolute Gasteiger partial charge is 0.293 e. The van der Waals surface area contributed by atoms with Crippen molar-refractivity contribution in [1.82, 2.24) is 4.90 Å². The van der Waals surface area contributed by atoms with E-state index < -0.39 is 22.0 Å². The lowest BCUT2D eigenvalue weighted by Crippen LogP contribution is -2.27. The van der Waals surface area contributed by atoms with Gasteiger partial charge in [-0.1, -0.05) is 24.3 Å². The fourth-order valence-electron chi connectivity index (χ4n) is 2.65. The minimum absolute atomic E-state index is 0.156. The molecule has 154 valence electrons. The van der Waals surface area contributed by atoms with Crippen LogP contribution in [0.15, 0.2) is 51.8 Å². The van der Waals surface area contributed by atoms with Crippen molar-refractivity contribution in [2.45, 2.75) is 6.54 Å². The van der Waals surface area contributed by atoms with Crippen molar-refractivity contribution >= 4 is 56.5 Å². The molecule has 1 fully saturated rings. The summed E-state index contributed by atoms with van der Waals surface area (Å²) in [6, 6.07) is 10.9. The van der Waals surface area contributed by atoms with Gasteiger partial charge >= 0.3 is 0 Å². The second kappa shape index (κ2) is 9.09. The number of imide groups is 1. The van der Waals surface area contributed by atoms with Gasteiger partial charge in [-0.2, -0.15) is 0 Å². The number of nitrogens with two attached hydrogens (primary N) is 1. The van der Waals surface area contributed by atoms with Crippen molar-refractivity contribution in [3.8, 4) is 5.75 Å². The summed E-state index contributed by atoms with van der Waals surface area (Å²) in [6.45, 7) is -0.467. The molecular formula is C19H14BrN3O6S. The monoisotopic (exact) mass is 491 g/mol. The van der Waals surface area contributed by atoms with Crippen LogP contribution >= 0.6 is 27.7 Å². The number of primary amides is 1. The zero-order valence-corrected chi connectivity index (χ0v) is 17.6. The number of nitrogens with zero attached hydrogens (tertiary/aromatic N) is 2. The van der Waals surface area contributed by atoms with Gasteiger partial charge in [0.05, 0.1) is 20.8 Å². The maximum absolute atomic E-state index is 12.7. The number of para-hydroxylation sites is 1. The summed E-state index contributed by atoms with van der Waals surface area (Å²) in [5.74, 6) is -0.748. The van der Waals surface area contributed by atoms with E-state index in [1.54, 1.807) is 24.3 Å². The lowest BCUT2D eigenvalue weighted by molar-refractivity contribution is -0.385. The highest BCUT2D eigenvalue weighted by molar-refractivity contribution is 9.10. The van der Waals surface area contributed by atoms with Crippen LogP contribution in [0.5, 0.6) is 5.75 Å². The van der Waals surface area contributed by atoms with Crippen LogP contribution in [0.1, 0.15) is 11.1 Å². The molecule has 0 radical (unpaired) electrons. The Morgan fingerprint density at radius 2 is 2.00 bits per heavy atom. The first-order valence-electron chi connectivity index (χ1n) is 8.44. The molecule has 3 amide bonds. The van der Waals surface area contributed by atoms with Crippen LogP contribution in [0.3, 0.4) is 0 Å². The molecular weight excluding hydrogens is 478 g/mol. The number of carbonyl (C=O) groups excluding carboxylic acids is 3. The molecule has 0 unspecified atom stereocenters. The first-order valence-corrected chi connectivity index (χ1v) is 10.1. The number of nitro groups is 1. The van der Waals surface area contributed by atoms with Gasteiger partial charge in [-0.05, 0) is 51.5 Å². The summed E-state index contributed by atoms with van der Waals surface area (Å²) in [5, 5.41) is 10.7. The minimum atomic E-state index is -0.613. The summed E-state index contributed by atoms with van der Waals surface area (Å²) in [4.78, 5) is 47.6.